The van der Waals surface area contributed by atoms with Crippen LogP contribution < -0.4 is 17.0 Å². The number of nitrogens with two attached hydrogens (primary N) is 2. The number of rotatable bonds is 7. The number of hydrogen-bond acceptors (Lipinski definition) is 3. The molecule has 0 saturated carbocycles. The molecule has 0 aromatic carbocycles. The Balaban J connectivity index is 4.78. The smallest absolute Gasteiger partial charge is 0.237 e. The van der Waals surface area contributed by atoms with Crippen molar-refractivity contribution >= 4 is 11.8 Å². The van der Waals surface area contributed by atoms with Gasteiger partial charge in [-0.2, -0.15) is 0 Å². The molecule has 0 bridgehead atoms. The highest BCUT2D eigenvalue weighted by atomic mass is 16.2. The van der Waals surface area contributed by atoms with Gasteiger partial charge in [-0.25, -0.2) is 5.84 Å². The van der Waals surface area contributed by atoms with Gasteiger partial charge in [-0.1, -0.05) is 27.2 Å². The molecule has 16 heavy (non-hydrogen) atoms. The maximum absolute atomic E-state index is 11.6. The minimum Gasteiger partial charge on any atom is -0.369 e. The summed E-state index contributed by atoms with van der Waals surface area (Å²) in [7, 11) is 0. The Hall–Kier alpha value is -1.10. The highest BCUT2D eigenvalue weighted by molar-refractivity contribution is 5.86. The summed E-state index contributed by atoms with van der Waals surface area (Å²) in [5.41, 5.74) is 7.46. The standard InChI is InChI=1S/C11H23N3O2/c1-4-5-8(11(16)14-13)9(10(12)15)6-7(2)3/h7-9H,4-6,13H2,1-3H3,(H2,12,15)(H,14,16). The van der Waals surface area contributed by atoms with Gasteiger partial charge in [-0.15, -0.1) is 0 Å². The highest BCUT2D eigenvalue weighted by Gasteiger charge is 2.31. The predicted octanol–water partition coefficient (Wildman–Crippen LogP) is 0.540. The van der Waals surface area contributed by atoms with E-state index in [2.05, 4.69) is 5.43 Å². The average Bonchev–Trinajstić information content (AvgIpc) is 2.21. The van der Waals surface area contributed by atoms with Gasteiger partial charge < -0.3 is 5.73 Å². The zero-order valence-electron chi connectivity index (χ0n) is 10.3. The van der Waals surface area contributed by atoms with Crippen molar-refractivity contribution in [2.45, 2.75) is 40.0 Å². The van der Waals surface area contributed by atoms with Crippen LogP contribution in [0.3, 0.4) is 0 Å². The van der Waals surface area contributed by atoms with Gasteiger partial charge >= 0.3 is 0 Å². The number of carbonyl (C=O) groups excluding carboxylic acids is 2. The quantitative estimate of drug-likeness (QED) is 0.337. The zero-order chi connectivity index (χ0) is 12.7. The van der Waals surface area contributed by atoms with Crippen molar-refractivity contribution in [3.8, 4) is 0 Å². The molecule has 94 valence electrons. The Bertz CT molecular complexity index is 241. The van der Waals surface area contributed by atoms with E-state index >= 15 is 0 Å². The molecule has 5 heteroatoms. The van der Waals surface area contributed by atoms with Crippen LogP contribution in [0.4, 0.5) is 0 Å². The third-order valence-electron chi connectivity index (χ3n) is 2.66. The molecule has 0 saturated heterocycles. The second-order valence-electron chi connectivity index (χ2n) is 4.54. The summed E-state index contributed by atoms with van der Waals surface area (Å²) in [6, 6.07) is 0. The molecule has 2 atom stereocenters. The molecule has 2 unspecified atom stereocenters. The molecular formula is C11H23N3O2. The Kier molecular flexibility index (Phi) is 6.72. The summed E-state index contributed by atoms with van der Waals surface area (Å²) in [6.07, 6.45) is 2.07. The summed E-state index contributed by atoms with van der Waals surface area (Å²) in [5, 5.41) is 0. The van der Waals surface area contributed by atoms with Gasteiger partial charge in [0.25, 0.3) is 0 Å². The van der Waals surface area contributed by atoms with Gasteiger partial charge in [-0.05, 0) is 18.8 Å². The molecule has 0 heterocycles. The summed E-state index contributed by atoms with van der Waals surface area (Å²) in [4.78, 5) is 23.0. The average molecular weight is 229 g/mol. The molecule has 0 aliphatic carbocycles. The van der Waals surface area contributed by atoms with E-state index in [4.69, 9.17) is 11.6 Å². The summed E-state index contributed by atoms with van der Waals surface area (Å²) >= 11 is 0. The Morgan fingerprint density at radius 3 is 2.12 bits per heavy atom. The Morgan fingerprint density at radius 1 is 1.25 bits per heavy atom. The number of amides is 2. The van der Waals surface area contributed by atoms with Crippen LogP contribution in [0.25, 0.3) is 0 Å². The van der Waals surface area contributed by atoms with Gasteiger partial charge in [0.05, 0.1) is 5.92 Å². The second-order valence-corrected chi connectivity index (χ2v) is 4.54. The molecule has 0 aliphatic heterocycles. The van der Waals surface area contributed by atoms with E-state index in [0.29, 0.717) is 18.8 Å². The van der Waals surface area contributed by atoms with Crippen LogP contribution in [0.1, 0.15) is 40.0 Å². The Labute approximate surface area is 96.9 Å². The maximum Gasteiger partial charge on any atom is 0.237 e. The molecular weight excluding hydrogens is 206 g/mol. The summed E-state index contributed by atoms with van der Waals surface area (Å²) < 4.78 is 0. The molecule has 0 fully saturated rings. The monoisotopic (exact) mass is 229 g/mol. The normalized spacial score (nSPS) is 14.6. The SMILES string of the molecule is CCCC(C(=O)NN)C(CC(C)C)C(N)=O. The van der Waals surface area contributed by atoms with Crippen LogP contribution in [0.15, 0.2) is 0 Å². The second kappa shape index (κ2) is 7.22. The molecule has 0 aliphatic rings. The molecule has 0 rings (SSSR count). The minimum atomic E-state index is -0.427. The maximum atomic E-state index is 11.6. The molecule has 0 spiro atoms. The van der Waals surface area contributed by atoms with Crippen molar-refractivity contribution in [2.24, 2.45) is 29.3 Å². The van der Waals surface area contributed by atoms with Crippen molar-refractivity contribution in [2.75, 3.05) is 0 Å². The molecule has 0 radical (unpaired) electrons. The van der Waals surface area contributed by atoms with Crippen molar-refractivity contribution in [3.63, 3.8) is 0 Å². The lowest BCUT2D eigenvalue weighted by molar-refractivity contribution is -0.134. The lowest BCUT2D eigenvalue weighted by Crippen LogP contribution is -2.43. The van der Waals surface area contributed by atoms with Crippen LogP contribution in [0, 0.1) is 17.8 Å². The fourth-order valence-corrected chi connectivity index (χ4v) is 1.92. The number of nitrogens with one attached hydrogen (secondary N) is 1. The first-order valence-electron chi connectivity index (χ1n) is 5.73. The largest absolute Gasteiger partial charge is 0.369 e. The first-order valence-corrected chi connectivity index (χ1v) is 5.73. The van der Waals surface area contributed by atoms with Gasteiger partial charge in [0, 0.05) is 5.92 Å². The van der Waals surface area contributed by atoms with E-state index in [9.17, 15) is 9.59 Å². The van der Waals surface area contributed by atoms with Crippen LogP contribution in [-0.4, -0.2) is 11.8 Å². The first-order chi connectivity index (χ1) is 7.43. The van der Waals surface area contributed by atoms with E-state index in [1.165, 1.54) is 0 Å². The van der Waals surface area contributed by atoms with Crippen LogP contribution in [-0.2, 0) is 9.59 Å². The third kappa shape index (κ3) is 4.61. The van der Waals surface area contributed by atoms with E-state index in [0.717, 1.165) is 6.42 Å². The van der Waals surface area contributed by atoms with Gasteiger partial charge in [0.15, 0.2) is 0 Å². The van der Waals surface area contributed by atoms with E-state index < -0.39 is 17.7 Å². The van der Waals surface area contributed by atoms with E-state index in [1.54, 1.807) is 0 Å². The van der Waals surface area contributed by atoms with E-state index in [1.807, 2.05) is 20.8 Å². The van der Waals surface area contributed by atoms with Crippen LogP contribution in [0.2, 0.25) is 0 Å². The summed E-state index contributed by atoms with van der Waals surface area (Å²) in [5.74, 6) is 3.89. The lowest BCUT2D eigenvalue weighted by atomic mass is 9.82. The Morgan fingerprint density at radius 2 is 1.81 bits per heavy atom. The predicted molar refractivity (Wildman–Crippen MR) is 62.9 cm³/mol. The molecule has 0 aromatic rings. The molecule has 5 N–H and O–H groups in total. The van der Waals surface area contributed by atoms with Crippen molar-refractivity contribution in [1.82, 2.24) is 5.43 Å². The van der Waals surface area contributed by atoms with Crippen molar-refractivity contribution in [1.29, 1.82) is 0 Å². The zero-order valence-corrected chi connectivity index (χ0v) is 10.3. The fraction of sp³-hybridized carbons (Fsp3) is 0.818. The fourth-order valence-electron chi connectivity index (χ4n) is 1.92. The van der Waals surface area contributed by atoms with Crippen molar-refractivity contribution in [3.05, 3.63) is 0 Å². The summed E-state index contributed by atoms with van der Waals surface area (Å²) in [6.45, 7) is 5.96. The number of hydrazine groups is 1. The first kappa shape index (κ1) is 14.9. The molecule has 0 aromatic heterocycles. The van der Waals surface area contributed by atoms with E-state index in [-0.39, 0.29) is 5.91 Å². The van der Waals surface area contributed by atoms with Gasteiger partial charge in [0.2, 0.25) is 11.8 Å². The third-order valence-corrected chi connectivity index (χ3v) is 2.66. The number of primary amides is 1. The molecule has 5 nitrogen and oxygen atoms in total. The van der Waals surface area contributed by atoms with Gasteiger partial charge in [0.1, 0.15) is 0 Å². The van der Waals surface area contributed by atoms with Gasteiger partial charge in [-0.3, -0.25) is 15.0 Å². The minimum absolute atomic E-state index is 0.300. The number of hydrogen-bond donors (Lipinski definition) is 3. The van der Waals surface area contributed by atoms with Crippen molar-refractivity contribution < 1.29 is 9.59 Å². The highest BCUT2D eigenvalue weighted by Crippen LogP contribution is 2.24. The number of carbonyl (C=O) groups is 2. The van der Waals surface area contributed by atoms with Crippen LogP contribution >= 0.6 is 0 Å². The van der Waals surface area contributed by atoms with Crippen LogP contribution in [0.5, 0.6) is 0 Å². The molecule has 2 amide bonds. The lowest BCUT2D eigenvalue weighted by Gasteiger charge is -2.24. The topological polar surface area (TPSA) is 98.2 Å².